The molecule has 0 aliphatic rings. The van der Waals surface area contributed by atoms with E-state index in [2.05, 4.69) is 4.98 Å². The summed E-state index contributed by atoms with van der Waals surface area (Å²) in [5, 5.41) is 17.2. The molecule has 1 aromatic rings. The lowest BCUT2D eigenvalue weighted by molar-refractivity contribution is 0.231. The third-order valence-corrected chi connectivity index (χ3v) is 1.09. The minimum absolute atomic E-state index is 0.394. The highest BCUT2D eigenvalue weighted by atomic mass is 16.3. The molecule has 1 atom stereocenters. The van der Waals surface area contributed by atoms with Crippen molar-refractivity contribution in [1.29, 1.82) is 5.26 Å². The summed E-state index contributed by atoms with van der Waals surface area (Å²) >= 11 is 0. The fourth-order valence-corrected chi connectivity index (χ4v) is 0.604. The molecule has 0 spiro atoms. The van der Waals surface area contributed by atoms with Crippen molar-refractivity contribution in [3.8, 4) is 6.07 Å². The lowest BCUT2D eigenvalue weighted by Gasteiger charge is -1.97. The Morgan fingerprint density at radius 1 is 1.60 bits per heavy atom. The predicted molar refractivity (Wildman–Crippen MR) is 34.8 cm³/mol. The summed E-state index contributed by atoms with van der Waals surface area (Å²) < 4.78 is 0. The topological polar surface area (TPSA) is 56.9 Å². The lowest BCUT2D eigenvalue weighted by Crippen LogP contribution is -1.95. The van der Waals surface area contributed by atoms with Gasteiger partial charge in [0.05, 0.1) is 5.69 Å². The number of aliphatic hydroxyl groups excluding tert-OH is 1. The average molecular weight is 134 g/mol. The predicted octanol–water partition coefficient (Wildman–Crippen LogP) is 0.639. The number of hydrogen-bond acceptors (Lipinski definition) is 3. The molecule has 0 aliphatic carbocycles. The molecule has 50 valence electrons. The van der Waals surface area contributed by atoms with Crippen molar-refractivity contribution in [1.82, 2.24) is 4.98 Å². The molecule has 0 unspecified atom stereocenters. The summed E-state index contributed by atoms with van der Waals surface area (Å²) in [6.07, 6.45) is 0.441. The van der Waals surface area contributed by atoms with E-state index in [1.165, 1.54) is 6.20 Å². The third kappa shape index (κ3) is 1.30. The molecule has 3 heteroatoms. The van der Waals surface area contributed by atoms with Crippen LogP contribution in [0.5, 0.6) is 0 Å². The minimum Gasteiger partial charge on any atom is -0.373 e. The maximum absolute atomic E-state index is 8.91. The van der Waals surface area contributed by atoms with E-state index < -0.39 is 6.10 Å². The lowest BCUT2D eigenvalue weighted by atomic mass is 10.2. The van der Waals surface area contributed by atoms with E-state index in [1.54, 1.807) is 24.3 Å². The van der Waals surface area contributed by atoms with Crippen LogP contribution in [0.15, 0.2) is 24.4 Å². The van der Waals surface area contributed by atoms with Crippen LogP contribution < -0.4 is 0 Å². The van der Waals surface area contributed by atoms with Crippen LogP contribution in [0.2, 0.25) is 0 Å². The first-order valence-corrected chi connectivity index (χ1v) is 2.83. The second-order valence-corrected chi connectivity index (χ2v) is 1.79. The summed E-state index contributed by atoms with van der Waals surface area (Å²) in [5.74, 6) is 0. The van der Waals surface area contributed by atoms with E-state index >= 15 is 0 Å². The molecule has 10 heavy (non-hydrogen) atoms. The largest absolute Gasteiger partial charge is 0.373 e. The molecule has 0 amide bonds. The van der Waals surface area contributed by atoms with Gasteiger partial charge in [-0.2, -0.15) is 5.26 Å². The van der Waals surface area contributed by atoms with Gasteiger partial charge in [0.2, 0.25) is 0 Å². The second kappa shape index (κ2) is 2.95. The zero-order valence-electron chi connectivity index (χ0n) is 5.23. The zero-order chi connectivity index (χ0) is 7.40. The van der Waals surface area contributed by atoms with Gasteiger partial charge in [-0.25, -0.2) is 0 Å². The molecule has 0 aromatic carbocycles. The van der Waals surface area contributed by atoms with Crippen molar-refractivity contribution in [3.05, 3.63) is 30.1 Å². The Labute approximate surface area is 58.6 Å². The Morgan fingerprint density at radius 2 is 2.40 bits per heavy atom. The molecule has 0 fully saturated rings. The Morgan fingerprint density at radius 3 is 2.90 bits per heavy atom. The second-order valence-electron chi connectivity index (χ2n) is 1.79. The molecule has 0 bridgehead atoms. The van der Waals surface area contributed by atoms with E-state index in [0.29, 0.717) is 5.69 Å². The van der Waals surface area contributed by atoms with Crippen LogP contribution in [0.1, 0.15) is 11.8 Å². The monoisotopic (exact) mass is 134 g/mol. The van der Waals surface area contributed by atoms with Gasteiger partial charge in [-0.15, -0.1) is 0 Å². The minimum atomic E-state index is -1.10. The van der Waals surface area contributed by atoms with Gasteiger partial charge in [0.25, 0.3) is 0 Å². The molecule has 1 rings (SSSR count). The Bertz CT molecular complexity index is 240. The maximum atomic E-state index is 8.91. The van der Waals surface area contributed by atoms with Gasteiger partial charge >= 0.3 is 0 Å². The van der Waals surface area contributed by atoms with E-state index in [9.17, 15) is 0 Å². The van der Waals surface area contributed by atoms with Gasteiger partial charge in [0.15, 0.2) is 6.10 Å². The van der Waals surface area contributed by atoms with Gasteiger partial charge in [-0.05, 0) is 12.1 Å². The van der Waals surface area contributed by atoms with Crippen LogP contribution in [-0.2, 0) is 0 Å². The molecule has 1 N–H and O–H groups in total. The van der Waals surface area contributed by atoms with Crippen molar-refractivity contribution in [2.75, 3.05) is 0 Å². The smallest absolute Gasteiger partial charge is 0.182 e. The maximum Gasteiger partial charge on any atom is 0.182 e. The molecule has 1 heterocycles. The van der Waals surface area contributed by atoms with E-state index in [-0.39, 0.29) is 0 Å². The van der Waals surface area contributed by atoms with E-state index in [0.717, 1.165) is 0 Å². The first kappa shape index (κ1) is 6.72. The van der Waals surface area contributed by atoms with Gasteiger partial charge in [0.1, 0.15) is 6.07 Å². The van der Waals surface area contributed by atoms with Gasteiger partial charge in [-0.1, -0.05) is 6.07 Å². The summed E-state index contributed by atoms with van der Waals surface area (Å²) in [4.78, 5) is 3.78. The van der Waals surface area contributed by atoms with E-state index in [4.69, 9.17) is 10.4 Å². The van der Waals surface area contributed by atoms with Gasteiger partial charge in [-0.3, -0.25) is 4.98 Å². The average Bonchev–Trinajstić information content (AvgIpc) is 2.05. The molecular formula is C7H6N2O. The molecule has 0 aliphatic heterocycles. The Kier molecular flexibility index (Phi) is 1.98. The standard InChI is InChI=1S/C7H6N2O/c8-5-7(10)6-3-1-2-4-9-6/h1-4,7,10H/t7-/m0/s1. The van der Waals surface area contributed by atoms with Crippen molar-refractivity contribution in [2.45, 2.75) is 6.10 Å². The molecule has 1 aromatic heterocycles. The van der Waals surface area contributed by atoms with Gasteiger partial charge < -0.3 is 5.11 Å². The molecule has 0 radical (unpaired) electrons. The molecule has 3 nitrogen and oxygen atoms in total. The highest BCUT2D eigenvalue weighted by molar-refractivity contribution is 5.11. The van der Waals surface area contributed by atoms with Crippen LogP contribution in [0.3, 0.4) is 0 Å². The van der Waals surface area contributed by atoms with Crippen LogP contribution in [0.25, 0.3) is 0 Å². The first-order chi connectivity index (χ1) is 4.84. The highest BCUT2D eigenvalue weighted by Crippen LogP contribution is 2.05. The highest BCUT2D eigenvalue weighted by Gasteiger charge is 2.03. The van der Waals surface area contributed by atoms with Crippen LogP contribution in [0.4, 0.5) is 0 Å². The summed E-state index contributed by atoms with van der Waals surface area (Å²) in [5.41, 5.74) is 0.394. The first-order valence-electron chi connectivity index (χ1n) is 2.83. The SMILES string of the molecule is N#C[C@H](O)c1ccccn1. The third-order valence-electron chi connectivity index (χ3n) is 1.09. The zero-order valence-corrected chi connectivity index (χ0v) is 5.23. The Balaban J connectivity index is 2.88. The van der Waals surface area contributed by atoms with Crippen LogP contribution in [-0.4, -0.2) is 10.1 Å². The quantitative estimate of drug-likeness (QED) is 0.573. The number of pyridine rings is 1. The van der Waals surface area contributed by atoms with Crippen molar-refractivity contribution < 1.29 is 5.11 Å². The summed E-state index contributed by atoms with van der Waals surface area (Å²) in [7, 11) is 0. The Hall–Kier alpha value is -1.40. The molecule has 0 saturated heterocycles. The van der Waals surface area contributed by atoms with Crippen molar-refractivity contribution in [2.24, 2.45) is 0 Å². The number of rotatable bonds is 1. The number of aliphatic hydroxyl groups is 1. The number of hydrogen-bond donors (Lipinski definition) is 1. The van der Waals surface area contributed by atoms with Crippen LogP contribution >= 0.6 is 0 Å². The fraction of sp³-hybridized carbons (Fsp3) is 0.143. The van der Waals surface area contributed by atoms with Gasteiger partial charge in [0, 0.05) is 6.20 Å². The number of nitrogens with zero attached hydrogens (tertiary/aromatic N) is 2. The summed E-state index contributed by atoms with van der Waals surface area (Å²) in [6.45, 7) is 0. The van der Waals surface area contributed by atoms with E-state index in [1.807, 2.05) is 0 Å². The van der Waals surface area contributed by atoms with Crippen molar-refractivity contribution in [3.63, 3.8) is 0 Å². The number of nitriles is 1. The molecular weight excluding hydrogens is 128 g/mol. The fourth-order valence-electron chi connectivity index (χ4n) is 0.604. The number of aromatic nitrogens is 1. The van der Waals surface area contributed by atoms with Crippen LogP contribution in [0, 0.1) is 11.3 Å². The normalized spacial score (nSPS) is 12.0. The summed E-state index contributed by atoms with van der Waals surface area (Å²) in [6, 6.07) is 6.73. The van der Waals surface area contributed by atoms with Crippen molar-refractivity contribution >= 4 is 0 Å². The molecule has 0 saturated carbocycles.